The van der Waals surface area contributed by atoms with Crippen molar-refractivity contribution in [1.29, 1.82) is 0 Å². The summed E-state index contributed by atoms with van der Waals surface area (Å²) in [6.45, 7) is 4.08. The Hall–Kier alpha value is -1.38. The van der Waals surface area contributed by atoms with E-state index in [9.17, 15) is 9.18 Å². The highest BCUT2D eigenvalue weighted by Crippen LogP contribution is 2.42. The Labute approximate surface area is 166 Å². The number of benzene rings is 1. The maximum atomic E-state index is 13.5. The molecule has 1 aromatic rings. The van der Waals surface area contributed by atoms with E-state index < -0.39 is 11.7 Å². The van der Waals surface area contributed by atoms with Crippen LogP contribution in [0.4, 0.5) is 4.39 Å². The second kappa shape index (κ2) is 10.6. The second-order valence-electron chi connectivity index (χ2n) is 6.30. The summed E-state index contributed by atoms with van der Waals surface area (Å²) in [5.74, 6) is -0.182. The van der Waals surface area contributed by atoms with Crippen molar-refractivity contribution in [3.8, 4) is 0 Å². The van der Waals surface area contributed by atoms with Crippen molar-refractivity contribution in [3.05, 3.63) is 35.6 Å². The van der Waals surface area contributed by atoms with Gasteiger partial charge in [0, 0.05) is 26.7 Å². The average Bonchev–Trinajstić information content (AvgIpc) is 2.56. The second-order valence-corrected chi connectivity index (χ2v) is 6.30. The molecule has 25 heavy (non-hydrogen) atoms. The summed E-state index contributed by atoms with van der Waals surface area (Å²) in [6, 6.07) is 5.96. The maximum absolute atomic E-state index is 13.5. The zero-order valence-electron chi connectivity index (χ0n) is 14.9. The van der Waals surface area contributed by atoms with Crippen molar-refractivity contribution in [2.75, 3.05) is 26.7 Å². The first kappa shape index (κ1) is 21.7. The van der Waals surface area contributed by atoms with Gasteiger partial charge >= 0.3 is 0 Å². The van der Waals surface area contributed by atoms with E-state index in [1.807, 2.05) is 0 Å². The minimum absolute atomic E-state index is 0. The Morgan fingerprint density at radius 1 is 1.20 bits per heavy atom. The van der Waals surface area contributed by atoms with Crippen LogP contribution in [-0.2, 0) is 0 Å². The van der Waals surface area contributed by atoms with E-state index in [2.05, 4.69) is 27.9 Å². The Bertz CT molecular complexity index is 585. The van der Waals surface area contributed by atoms with Gasteiger partial charge in [0.05, 0.1) is 5.56 Å². The largest absolute Gasteiger partial charge is 0.356 e. The average molecular weight is 462 g/mol. The predicted molar refractivity (Wildman–Crippen MR) is 110 cm³/mol. The summed E-state index contributed by atoms with van der Waals surface area (Å²) in [4.78, 5) is 16.1. The number of guanidine groups is 1. The van der Waals surface area contributed by atoms with Gasteiger partial charge in [0.25, 0.3) is 5.91 Å². The number of carbonyl (C=O) groups excluding carboxylic acids is 1. The normalized spacial score (nSPS) is 15.6. The number of hydrogen-bond donors (Lipinski definition) is 3. The monoisotopic (exact) mass is 462 g/mol. The number of aliphatic imine (C=N–C) groups is 1. The molecule has 1 amide bonds. The fourth-order valence-electron chi connectivity index (χ4n) is 2.92. The number of amides is 1. The molecule has 0 spiro atoms. The molecule has 1 aliphatic rings. The summed E-state index contributed by atoms with van der Waals surface area (Å²) in [7, 11) is 1.73. The van der Waals surface area contributed by atoms with Crippen LogP contribution in [0.15, 0.2) is 29.3 Å². The first-order valence-corrected chi connectivity index (χ1v) is 8.57. The number of nitrogens with zero attached hydrogens (tertiary/aromatic N) is 1. The van der Waals surface area contributed by atoms with Crippen LogP contribution >= 0.6 is 24.0 Å². The molecule has 140 valence electrons. The molecule has 1 fully saturated rings. The molecule has 1 aliphatic carbocycles. The van der Waals surface area contributed by atoms with Crippen LogP contribution < -0.4 is 16.0 Å². The van der Waals surface area contributed by atoms with Crippen LogP contribution in [0, 0.1) is 11.2 Å². The maximum Gasteiger partial charge on any atom is 0.254 e. The van der Waals surface area contributed by atoms with Crippen molar-refractivity contribution >= 4 is 35.8 Å². The van der Waals surface area contributed by atoms with Gasteiger partial charge in [-0.05, 0) is 36.8 Å². The minimum Gasteiger partial charge on any atom is -0.356 e. The van der Waals surface area contributed by atoms with Crippen LogP contribution in [-0.4, -0.2) is 38.5 Å². The van der Waals surface area contributed by atoms with E-state index in [4.69, 9.17) is 0 Å². The van der Waals surface area contributed by atoms with E-state index >= 15 is 0 Å². The molecule has 0 aromatic heterocycles. The molecule has 0 radical (unpaired) electrons. The lowest BCUT2D eigenvalue weighted by molar-refractivity contribution is 0.0950. The third kappa shape index (κ3) is 6.13. The van der Waals surface area contributed by atoms with Crippen LogP contribution in [0.25, 0.3) is 0 Å². The van der Waals surface area contributed by atoms with Crippen LogP contribution in [0.3, 0.4) is 0 Å². The highest BCUT2D eigenvalue weighted by Gasteiger charge is 2.34. The number of carbonyl (C=O) groups is 1. The van der Waals surface area contributed by atoms with Gasteiger partial charge in [-0.3, -0.25) is 9.79 Å². The summed E-state index contributed by atoms with van der Waals surface area (Å²) < 4.78 is 13.5. The molecule has 0 unspecified atom stereocenters. The molecule has 0 bridgehead atoms. The molecule has 2 rings (SSSR count). The van der Waals surface area contributed by atoms with Gasteiger partial charge in [-0.25, -0.2) is 4.39 Å². The van der Waals surface area contributed by atoms with Gasteiger partial charge in [-0.2, -0.15) is 0 Å². The van der Waals surface area contributed by atoms with Crippen molar-refractivity contribution in [3.63, 3.8) is 0 Å². The highest BCUT2D eigenvalue weighted by atomic mass is 127. The van der Waals surface area contributed by atoms with E-state index in [1.54, 1.807) is 19.2 Å². The molecule has 5 nitrogen and oxygen atoms in total. The van der Waals surface area contributed by atoms with Gasteiger partial charge in [-0.15, -0.1) is 24.0 Å². The molecule has 1 aromatic carbocycles. The van der Waals surface area contributed by atoms with E-state index in [-0.39, 0.29) is 29.5 Å². The fourth-order valence-corrected chi connectivity index (χ4v) is 2.92. The molecule has 0 aliphatic heterocycles. The first-order valence-electron chi connectivity index (χ1n) is 8.57. The zero-order valence-corrected chi connectivity index (χ0v) is 17.2. The van der Waals surface area contributed by atoms with Gasteiger partial charge in [0.1, 0.15) is 5.82 Å². The van der Waals surface area contributed by atoms with Gasteiger partial charge in [-0.1, -0.05) is 25.5 Å². The SMILES string of the molecule is CCC1(CNC(=NC)NCCNC(=O)c2ccccc2F)CCC1.I. The van der Waals surface area contributed by atoms with E-state index in [1.165, 1.54) is 37.8 Å². The summed E-state index contributed by atoms with van der Waals surface area (Å²) in [5.41, 5.74) is 0.478. The van der Waals surface area contributed by atoms with Crippen LogP contribution in [0.5, 0.6) is 0 Å². The highest BCUT2D eigenvalue weighted by molar-refractivity contribution is 14.0. The standard InChI is InChI=1S/C18H27FN4O.HI/c1-3-18(9-6-10-18)13-23-17(20-2)22-12-11-21-16(24)14-7-4-5-8-15(14)19;/h4-5,7-8H,3,6,9-13H2,1-2H3,(H,21,24)(H2,20,22,23);1H. The molecular weight excluding hydrogens is 434 g/mol. The van der Waals surface area contributed by atoms with Crippen molar-refractivity contribution in [1.82, 2.24) is 16.0 Å². The third-order valence-corrected chi connectivity index (χ3v) is 4.84. The Balaban J connectivity index is 0.00000312. The number of hydrogen-bond acceptors (Lipinski definition) is 2. The van der Waals surface area contributed by atoms with Gasteiger partial charge < -0.3 is 16.0 Å². The molecule has 0 saturated heterocycles. The molecule has 7 heteroatoms. The molecule has 1 saturated carbocycles. The zero-order chi connectivity index (χ0) is 17.4. The molecular formula is C18H28FIN4O. The fraction of sp³-hybridized carbons (Fsp3) is 0.556. The Morgan fingerprint density at radius 3 is 2.44 bits per heavy atom. The third-order valence-electron chi connectivity index (χ3n) is 4.84. The van der Waals surface area contributed by atoms with Crippen LogP contribution in [0.2, 0.25) is 0 Å². The van der Waals surface area contributed by atoms with E-state index in [0.717, 1.165) is 12.5 Å². The summed E-state index contributed by atoms with van der Waals surface area (Å²) >= 11 is 0. The smallest absolute Gasteiger partial charge is 0.254 e. The lowest BCUT2D eigenvalue weighted by Crippen LogP contribution is -2.47. The van der Waals surface area contributed by atoms with Gasteiger partial charge in [0.2, 0.25) is 0 Å². The molecule has 3 N–H and O–H groups in total. The summed E-state index contributed by atoms with van der Waals surface area (Å²) in [6.07, 6.45) is 5.03. The predicted octanol–water partition coefficient (Wildman–Crippen LogP) is 2.92. The lowest BCUT2D eigenvalue weighted by Gasteiger charge is -2.41. The van der Waals surface area contributed by atoms with Crippen molar-refractivity contribution in [2.45, 2.75) is 32.6 Å². The van der Waals surface area contributed by atoms with Crippen molar-refractivity contribution in [2.24, 2.45) is 10.4 Å². The Kier molecular flexibility index (Phi) is 9.16. The number of rotatable bonds is 7. The molecule has 0 atom stereocenters. The Morgan fingerprint density at radius 2 is 1.88 bits per heavy atom. The number of halogens is 2. The van der Waals surface area contributed by atoms with E-state index in [0.29, 0.717) is 18.5 Å². The quantitative estimate of drug-likeness (QED) is 0.253. The summed E-state index contributed by atoms with van der Waals surface area (Å²) in [5, 5.41) is 9.23. The van der Waals surface area contributed by atoms with Crippen LogP contribution in [0.1, 0.15) is 43.0 Å². The topological polar surface area (TPSA) is 65.5 Å². The van der Waals surface area contributed by atoms with Crippen molar-refractivity contribution < 1.29 is 9.18 Å². The van der Waals surface area contributed by atoms with Gasteiger partial charge in [0.15, 0.2) is 5.96 Å². The first-order chi connectivity index (χ1) is 11.6. The molecule has 0 heterocycles. The number of nitrogens with one attached hydrogen (secondary N) is 3. The lowest BCUT2D eigenvalue weighted by atomic mass is 9.67. The minimum atomic E-state index is -0.509.